The van der Waals surface area contributed by atoms with Crippen LogP contribution >= 0.6 is 0 Å². The molecule has 1 saturated heterocycles. The second-order valence-electron chi connectivity index (χ2n) is 15.0. The van der Waals surface area contributed by atoms with Crippen LogP contribution in [0.3, 0.4) is 0 Å². The van der Waals surface area contributed by atoms with Crippen LogP contribution < -0.4 is 13.7 Å². The summed E-state index contributed by atoms with van der Waals surface area (Å²) in [6, 6.07) is 58.8. The van der Waals surface area contributed by atoms with Gasteiger partial charge in [-0.25, -0.2) is 4.98 Å². The standard InChI is InChI=1S/C47H37N4O.Pt/c1-47(2,3)35-25-26-48-46(28-35)49-42-24-21-34(33-13-6-4-7-14-33)27-41(42)40-23-22-39(30-43(40)49)52-38-18-12-17-37(29-38)51-31-50(32-51,36-15-8-5-9-16-36)44-19-10-11-20-45(44)51;/h4-28,31H,32H2,1-3H3;/q-1;. The molecule has 2 bridgehead atoms. The van der Waals surface area contributed by atoms with Gasteiger partial charge in [0.05, 0.1) is 6.67 Å². The van der Waals surface area contributed by atoms with Crippen LogP contribution in [0.2, 0.25) is 0 Å². The maximum atomic E-state index is 6.63. The summed E-state index contributed by atoms with van der Waals surface area (Å²) in [7, 11) is 0. The van der Waals surface area contributed by atoms with E-state index in [9.17, 15) is 0 Å². The van der Waals surface area contributed by atoms with Crippen molar-refractivity contribution in [2.24, 2.45) is 0 Å². The third-order valence-corrected chi connectivity index (χ3v) is 10.8. The average molecular weight is 869 g/mol. The van der Waals surface area contributed by atoms with Crippen LogP contribution in [-0.2, 0) is 26.5 Å². The molecule has 0 radical (unpaired) electrons. The number of fused-ring (bicyclic) bond motifs is 3. The zero-order valence-electron chi connectivity index (χ0n) is 29.7. The Morgan fingerprint density at radius 3 is 2.11 bits per heavy atom. The second-order valence-corrected chi connectivity index (χ2v) is 15.0. The SMILES string of the molecule is CC(C)(C)c1ccnc(-n2c3[c-]c(Oc4[c-]c([N+]56[CH-][N+](c7ccccc7)(C5)c5ccccc56)ccc4)ccc3c3cc(-c4ccccc4)ccc32)c1.[Pt]. The predicted octanol–water partition coefficient (Wildman–Crippen LogP) is 11.9. The van der Waals surface area contributed by atoms with Crippen LogP contribution in [0.15, 0.2) is 152 Å². The number of hydrogen-bond acceptors (Lipinski definition) is 2. The summed E-state index contributed by atoms with van der Waals surface area (Å²) >= 11 is 0. The van der Waals surface area contributed by atoms with E-state index in [1.807, 2.05) is 18.3 Å². The Balaban J connectivity index is 0.00000372. The topological polar surface area (TPSA) is 27.1 Å². The Labute approximate surface area is 324 Å². The van der Waals surface area contributed by atoms with Gasteiger partial charge in [0, 0.05) is 62.1 Å². The van der Waals surface area contributed by atoms with Gasteiger partial charge in [-0.05, 0) is 57.8 Å². The summed E-state index contributed by atoms with van der Waals surface area (Å²) in [6.45, 7) is 9.98. The normalized spacial score (nSPS) is 18.7. The monoisotopic (exact) mass is 868 g/mol. The first kappa shape index (κ1) is 33.5. The Morgan fingerprint density at radius 1 is 0.660 bits per heavy atom. The largest absolute Gasteiger partial charge is 0.509 e. The van der Waals surface area contributed by atoms with Crippen molar-refractivity contribution in [3.8, 4) is 28.4 Å². The summed E-state index contributed by atoms with van der Waals surface area (Å²) in [5, 5.41) is 2.24. The predicted molar refractivity (Wildman–Crippen MR) is 212 cm³/mol. The summed E-state index contributed by atoms with van der Waals surface area (Å²) in [5.74, 6) is 2.15. The molecule has 0 amide bonds. The van der Waals surface area contributed by atoms with Gasteiger partial charge in [0.15, 0.2) is 18.0 Å². The zero-order chi connectivity index (χ0) is 35.1. The molecule has 0 spiro atoms. The summed E-state index contributed by atoms with van der Waals surface area (Å²) in [5.41, 5.74) is 10.5. The second kappa shape index (κ2) is 12.4. The number of quaternary nitrogens is 2. The number of aromatic nitrogens is 2. The van der Waals surface area contributed by atoms with Crippen molar-refractivity contribution in [3.05, 3.63) is 176 Å². The number of pyridine rings is 1. The van der Waals surface area contributed by atoms with Gasteiger partial charge in [0.1, 0.15) is 11.5 Å². The number of hydrogen-bond donors (Lipinski definition) is 0. The minimum Gasteiger partial charge on any atom is -0.509 e. The van der Waals surface area contributed by atoms with E-state index in [-0.39, 0.29) is 26.5 Å². The van der Waals surface area contributed by atoms with Crippen molar-refractivity contribution in [2.45, 2.75) is 26.2 Å². The Hall–Kier alpha value is -5.32. The molecule has 2 aromatic heterocycles. The molecular weight excluding hydrogens is 832 g/mol. The van der Waals surface area contributed by atoms with Crippen molar-refractivity contribution in [1.29, 1.82) is 0 Å². The number of ether oxygens (including phenoxy) is 1. The maximum Gasteiger partial charge on any atom is 0.184 e. The molecule has 262 valence electrons. The minimum atomic E-state index is -0.0227. The fraction of sp³-hybridized carbons (Fsp3) is 0.106. The van der Waals surface area contributed by atoms with E-state index in [0.717, 1.165) is 44.5 Å². The van der Waals surface area contributed by atoms with Gasteiger partial charge >= 0.3 is 0 Å². The molecule has 8 aromatic rings. The maximum absolute atomic E-state index is 6.63. The fourth-order valence-electron chi connectivity index (χ4n) is 8.22. The van der Waals surface area contributed by atoms with E-state index in [2.05, 4.69) is 178 Å². The van der Waals surface area contributed by atoms with Gasteiger partial charge in [-0.15, -0.1) is 29.7 Å². The van der Waals surface area contributed by atoms with E-state index < -0.39 is 0 Å². The molecule has 5 heterocycles. The number of nitrogens with zero attached hydrogens (tertiary/aromatic N) is 4. The first-order valence-electron chi connectivity index (χ1n) is 17.8. The van der Waals surface area contributed by atoms with Crippen molar-refractivity contribution in [1.82, 2.24) is 18.5 Å². The molecule has 1 fully saturated rings. The van der Waals surface area contributed by atoms with Crippen LogP contribution in [-0.4, -0.2) is 16.2 Å². The van der Waals surface area contributed by atoms with Crippen molar-refractivity contribution in [2.75, 3.05) is 6.67 Å². The third-order valence-electron chi connectivity index (χ3n) is 10.8. The molecular formula is C47H37N4OPt-. The summed E-state index contributed by atoms with van der Waals surface area (Å²) < 4.78 is 10.2. The van der Waals surface area contributed by atoms with E-state index >= 15 is 0 Å². The van der Waals surface area contributed by atoms with Gasteiger partial charge in [-0.2, -0.15) is 12.1 Å². The number of rotatable bonds is 6. The molecule has 0 N–H and O–H groups in total. The summed E-state index contributed by atoms with van der Waals surface area (Å²) in [6.07, 6.45) is 1.91. The van der Waals surface area contributed by atoms with Crippen LogP contribution in [0.5, 0.6) is 11.5 Å². The first-order chi connectivity index (χ1) is 25.3. The molecule has 0 aliphatic carbocycles. The van der Waals surface area contributed by atoms with Gasteiger partial charge in [-0.3, -0.25) is 4.48 Å². The molecule has 11 rings (SSSR count). The van der Waals surface area contributed by atoms with Gasteiger partial charge in [-0.1, -0.05) is 105 Å². The Bertz CT molecular complexity index is 2650. The quantitative estimate of drug-likeness (QED) is 0.123. The third kappa shape index (κ3) is 5.21. The van der Waals surface area contributed by atoms with E-state index in [1.165, 1.54) is 33.8 Å². The molecule has 0 saturated carbocycles. The van der Waals surface area contributed by atoms with E-state index in [0.29, 0.717) is 16.0 Å². The van der Waals surface area contributed by atoms with Gasteiger partial charge in [0.25, 0.3) is 0 Å². The zero-order valence-corrected chi connectivity index (χ0v) is 32.0. The number of para-hydroxylation sites is 3. The van der Waals surface area contributed by atoms with Crippen LogP contribution in [0.25, 0.3) is 38.8 Å². The Morgan fingerprint density at radius 2 is 1.36 bits per heavy atom. The summed E-state index contributed by atoms with van der Waals surface area (Å²) in [4.78, 5) is 4.89. The average Bonchev–Trinajstić information content (AvgIpc) is 3.76. The van der Waals surface area contributed by atoms with Gasteiger partial charge in [0.2, 0.25) is 0 Å². The van der Waals surface area contributed by atoms with Gasteiger partial charge < -0.3 is 13.8 Å². The molecule has 6 heteroatoms. The van der Waals surface area contributed by atoms with Crippen LogP contribution in [0.1, 0.15) is 26.3 Å². The number of benzene rings is 6. The molecule has 5 nitrogen and oxygen atoms in total. The fourth-order valence-corrected chi connectivity index (χ4v) is 8.22. The molecule has 2 unspecified atom stereocenters. The van der Waals surface area contributed by atoms with Crippen LogP contribution in [0, 0.1) is 18.8 Å². The first-order valence-corrected chi connectivity index (χ1v) is 17.8. The van der Waals surface area contributed by atoms with Crippen LogP contribution in [0.4, 0.5) is 22.7 Å². The van der Waals surface area contributed by atoms with Crippen molar-refractivity contribution in [3.63, 3.8) is 0 Å². The molecule has 3 aliphatic rings. The molecule has 53 heavy (non-hydrogen) atoms. The van der Waals surface area contributed by atoms with E-state index in [4.69, 9.17) is 9.72 Å². The minimum absolute atomic E-state index is 0. The molecule has 2 atom stereocenters. The Kier molecular flexibility index (Phi) is 7.83. The molecule has 3 aliphatic heterocycles. The van der Waals surface area contributed by atoms with Crippen molar-refractivity contribution >= 4 is 44.6 Å². The van der Waals surface area contributed by atoms with Crippen molar-refractivity contribution < 1.29 is 25.8 Å². The van der Waals surface area contributed by atoms with E-state index in [1.54, 1.807) is 0 Å². The smallest absolute Gasteiger partial charge is 0.184 e. The molecule has 6 aromatic carbocycles.